The highest BCUT2D eigenvalue weighted by atomic mass is 35.5. The molecule has 0 unspecified atom stereocenters. The summed E-state index contributed by atoms with van der Waals surface area (Å²) in [5.74, 6) is 1.47. The van der Waals surface area contributed by atoms with Gasteiger partial charge in [-0.1, -0.05) is 47.1 Å². The van der Waals surface area contributed by atoms with Crippen LogP contribution in [0, 0.1) is 0 Å². The summed E-state index contributed by atoms with van der Waals surface area (Å²) in [7, 11) is 0. The molecule has 0 spiro atoms. The second-order valence-corrected chi connectivity index (χ2v) is 5.95. The van der Waals surface area contributed by atoms with Crippen molar-refractivity contribution in [1.29, 1.82) is 0 Å². The Balaban J connectivity index is 1.70. The van der Waals surface area contributed by atoms with E-state index in [2.05, 4.69) is 5.16 Å². The lowest BCUT2D eigenvalue weighted by Crippen LogP contribution is -1.85. The summed E-state index contributed by atoms with van der Waals surface area (Å²) in [4.78, 5) is 0.982. The molecule has 1 heterocycles. The van der Waals surface area contributed by atoms with E-state index in [-0.39, 0.29) is 0 Å². The van der Waals surface area contributed by atoms with Gasteiger partial charge >= 0.3 is 0 Å². The molecule has 0 aliphatic heterocycles. The van der Waals surface area contributed by atoms with Crippen LogP contribution in [-0.2, 0) is 5.75 Å². The number of rotatable bonds is 4. The van der Waals surface area contributed by atoms with Gasteiger partial charge in [0.2, 0.25) is 0 Å². The van der Waals surface area contributed by atoms with Crippen molar-refractivity contribution in [3.05, 3.63) is 65.3 Å². The summed E-state index contributed by atoms with van der Waals surface area (Å²) in [6.45, 7) is 0. The first kappa shape index (κ1) is 14.0. The van der Waals surface area contributed by atoms with Crippen molar-refractivity contribution >= 4 is 29.1 Å². The maximum atomic E-state index is 6.15. The van der Waals surface area contributed by atoms with E-state index < -0.39 is 0 Å². The Morgan fingerprint density at radius 1 is 1.10 bits per heavy atom. The molecule has 0 atom stereocenters. The third kappa shape index (κ3) is 3.40. The van der Waals surface area contributed by atoms with Crippen molar-refractivity contribution in [3.8, 4) is 11.3 Å². The molecule has 0 aliphatic carbocycles. The number of nitrogens with two attached hydrogens (primary N) is 1. The fourth-order valence-electron chi connectivity index (χ4n) is 1.90. The highest BCUT2D eigenvalue weighted by Crippen LogP contribution is 2.31. The highest BCUT2D eigenvalue weighted by Gasteiger charge is 2.08. The molecule has 0 bridgehead atoms. The monoisotopic (exact) mass is 316 g/mol. The molecule has 3 rings (SSSR count). The molecular weight excluding hydrogens is 304 g/mol. The molecule has 2 N–H and O–H groups in total. The standard InChI is InChI=1S/C16H13ClN2OS/c17-14-8-12(18)6-7-16(14)21-10-13-9-15(20-19-13)11-4-2-1-3-5-11/h1-9H,10,18H2. The van der Waals surface area contributed by atoms with Gasteiger partial charge in [0.1, 0.15) is 0 Å². The molecule has 0 radical (unpaired) electrons. The van der Waals surface area contributed by atoms with Gasteiger partial charge in [-0.3, -0.25) is 0 Å². The third-order valence-electron chi connectivity index (χ3n) is 2.95. The van der Waals surface area contributed by atoms with E-state index in [0.717, 1.165) is 21.9 Å². The van der Waals surface area contributed by atoms with Crippen molar-refractivity contribution in [1.82, 2.24) is 5.16 Å². The molecule has 0 fully saturated rings. The number of benzene rings is 2. The van der Waals surface area contributed by atoms with Crippen LogP contribution in [0.25, 0.3) is 11.3 Å². The minimum Gasteiger partial charge on any atom is -0.399 e. The molecule has 3 aromatic rings. The van der Waals surface area contributed by atoms with Crippen molar-refractivity contribution in [2.45, 2.75) is 10.6 Å². The zero-order valence-electron chi connectivity index (χ0n) is 11.1. The first-order valence-corrected chi connectivity index (χ1v) is 7.77. The van der Waals surface area contributed by atoms with Crippen LogP contribution in [0.5, 0.6) is 0 Å². The number of thioether (sulfide) groups is 1. The van der Waals surface area contributed by atoms with Crippen LogP contribution in [0.4, 0.5) is 5.69 Å². The molecule has 2 aromatic carbocycles. The quantitative estimate of drug-likeness (QED) is 0.551. The van der Waals surface area contributed by atoms with Crippen molar-refractivity contribution in [3.63, 3.8) is 0 Å². The zero-order chi connectivity index (χ0) is 14.7. The largest absolute Gasteiger partial charge is 0.399 e. The summed E-state index contributed by atoms with van der Waals surface area (Å²) in [5.41, 5.74) is 8.25. The Labute approximate surface area is 132 Å². The summed E-state index contributed by atoms with van der Waals surface area (Å²) < 4.78 is 5.37. The number of nitrogen functional groups attached to an aromatic ring is 1. The normalized spacial score (nSPS) is 10.7. The van der Waals surface area contributed by atoms with E-state index in [0.29, 0.717) is 16.5 Å². The molecule has 21 heavy (non-hydrogen) atoms. The average molecular weight is 317 g/mol. The van der Waals surface area contributed by atoms with Gasteiger partial charge < -0.3 is 10.3 Å². The molecule has 3 nitrogen and oxygen atoms in total. The number of nitrogens with zero attached hydrogens (tertiary/aromatic N) is 1. The molecule has 0 saturated heterocycles. The predicted molar refractivity (Wildman–Crippen MR) is 87.4 cm³/mol. The third-order valence-corrected chi connectivity index (χ3v) is 4.48. The Bertz CT molecular complexity index is 743. The van der Waals surface area contributed by atoms with Crippen LogP contribution in [-0.4, -0.2) is 5.16 Å². The van der Waals surface area contributed by atoms with Gasteiger partial charge in [-0.15, -0.1) is 11.8 Å². The van der Waals surface area contributed by atoms with Crippen LogP contribution in [0.1, 0.15) is 5.69 Å². The van der Waals surface area contributed by atoms with E-state index in [1.807, 2.05) is 48.5 Å². The van der Waals surface area contributed by atoms with E-state index in [1.165, 1.54) is 0 Å². The molecule has 0 amide bonds. The van der Waals surface area contributed by atoms with Crippen LogP contribution in [0.3, 0.4) is 0 Å². The molecule has 0 saturated carbocycles. The van der Waals surface area contributed by atoms with Gasteiger partial charge in [-0.25, -0.2) is 0 Å². The second kappa shape index (κ2) is 6.24. The Kier molecular flexibility index (Phi) is 4.18. The summed E-state index contributed by atoms with van der Waals surface area (Å²) in [5, 5.41) is 4.75. The van der Waals surface area contributed by atoms with Crippen LogP contribution < -0.4 is 5.73 Å². The summed E-state index contributed by atoms with van der Waals surface area (Å²) >= 11 is 7.76. The first-order chi connectivity index (χ1) is 10.2. The zero-order valence-corrected chi connectivity index (χ0v) is 12.7. The molecular formula is C16H13ClN2OS. The second-order valence-electron chi connectivity index (χ2n) is 4.53. The van der Waals surface area contributed by atoms with Crippen molar-refractivity contribution in [2.75, 3.05) is 5.73 Å². The lowest BCUT2D eigenvalue weighted by Gasteiger charge is -2.03. The minimum atomic E-state index is 0.659. The molecule has 0 aliphatic rings. The van der Waals surface area contributed by atoms with Gasteiger partial charge in [-0.05, 0) is 18.2 Å². The summed E-state index contributed by atoms with van der Waals surface area (Å²) in [6.07, 6.45) is 0. The van der Waals surface area contributed by atoms with Crippen LogP contribution in [0.2, 0.25) is 5.02 Å². The number of halogens is 1. The highest BCUT2D eigenvalue weighted by molar-refractivity contribution is 7.98. The van der Waals surface area contributed by atoms with Gasteiger partial charge in [0.15, 0.2) is 5.76 Å². The van der Waals surface area contributed by atoms with Gasteiger partial charge in [-0.2, -0.15) is 0 Å². The lowest BCUT2D eigenvalue weighted by atomic mass is 10.2. The summed E-state index contributed by atoms with van der Waals surface area (Å²) in [6, 6.07) is 17.4. The van der Waals surface area contributed by atoms with E-state index >= 15 is 0 Å². The number of anilines is 1. The topological polar surface area (TPSA) is 52.0 Å². The molecule has 5 heteroatoms. The lowest BCUT2D eigenvalue weighted by molar-refractivity contribution is 0.426. The maximum Gasteiger partial charge on any atom is 0.167 e. The molecule has 106 valence electrons. The first-order valence-electron chi connectivity index (χ1n) is 6.41. The van der Waals surface area contributed by atoms with Gasteiger partial charge in [0.05, 0.1) is 10.7 Å². The fourth-order valence-corrected chi connectivity index (χ4v) is 3.06. The Morgan fingerprint density at radius 3 is 2.67 bits per heavy atom. The SMILES string of the molecule is Nc1ccc(SCc2cc(-c3ccccc3)on2)c(Cl)c1. The predicted octanol–water partition coefficient (Wildman–Crippen LogP) is 4.87. The van der Waals surface area contributed by atoms with Crippen molar-refractivity contribution in [2.24, 2.45) is 0 Å². The number of aromatic nitrogens is 1. The van der Waals surface area contributed by atoms with E-state index in [1.54, 1.807) is 17.8 Å². The Hall–Kier alpha value is -1.91. The van der Waals surface area contributed by atoms with Crippen molar-refractivity contribution < 1.29 is 4.52 Å². The number of hydrogen-bond acceptors (Lipinski definition) is 4. The van der Waals surface area contributed by atoms with E-state index in [4.69, 9.17) is 21.9 Å². The number of hydrogen-bond donors (Lipinski definition) is 1. The van der Waals surface area contributed by atoms with Gasteiger partial charge in [0, 0.05) is 28.0 Å². The molecule has 1 aromatic heterocycles. The van der Waals surface area contributed by atoms with Crippen LogP contribution >= 0.6 is 23.4 Å². The smallest absolute Gasteiger partial charge is 0.167 e. The average Bonchev–Trinajstić information content (AvgIpc) is 2.96. The fraction of sp³-hybridized carbons (Fsp3) is 0.0625. The van der Waals surface area contributed by atoms with Gasteiger partial charge in [0.25, 0.3) is 0 Å². The Morgan fingerprint density at radius 2 is 1.90 bits per heavy atom. The minimum absolute atomic E-state index is 0.659. The van der Waals surface area contributed by atoms with E-state index in [9.17, 15) is 0 Å². The maximum absolute atomic E-state index is 6.15. The van der Waals surface area contributed by atoms with Crippen LogP contribution in [0.15, 0.2) is 64.0 Å².